The van der Waals surface area contributed by atoms with Gasteiger partial charge in [-0.15, -0.1) is 0 Å². The van der Waals surface area contributed by atoms with Gasteiger partial charge in [0, 0.05) is 0 Å². The molecule has 4 N–H and O–H groups in total. The van der Waals surface area contributed by atoms with Crippen molar-refractivity contribution in [2.45, 2.75) is 6.92 Å². The molecule has 3 aromatic rings. The largest absolute Gasteiger partial charge is 0.393 e. The number of hydrogen-bond acceptors (Lipinski definition) is 3. The fourth-order valence-corrected chi connectivity index (χ4v) is 1.75. The summed E-state index contributed by atoms with van der Waals surface area (Å²) in [5.74, 6) is 0.441. The van der Waals surface area contributed by atoms with Gasteiger partial charge in [-0.3, -0.25) is 9.89 Å². The van der Waals surface area contributed by atoms with Crippen LogP contribution in [-0.4, -0.2) is 19.7 Å². The van der Waals surface area contributed by atoms with Gasteiger partial charge in [0.1, 0.15) is 5.69 Å². The van der Waals surface area contributed by atoms with Crippen LogP contribution in [0.4, 0.5) is 5.69 Å². The van der Waals surface area contributed by atoms with E-state index in [1.54, 1.807) is 6.92 Å². The molecule has 2 heterocycles. The highest BCUT2D eigenvalue weighted by atomic mass is 16.1. The Balaban J connectivity index is 2.27. The number of para-hydroxylation sites is 2. The van der Waals surface area contributed by atoms with Gasteiger partial charge >= 0.3 is 0 Å². The highest BCUT2D eigenvalue weighted by Crippen LogP contribution is 2.12. The molecule has 0 atom stereocenters. The van der Waals surface area contributed by atoms with Crippen LogP contribution in [0.1, 0.15) is 5.69 Å². The molecule has 0 aliphatic carbocycles. The molecule has 0 unspecified atom stereocenters. The fourth-order valence-electron chi connectivity index (χ4n) is 1.75. The minimum atomic E-state index is -0.290. The standard InChI is InChI=1S/C11H11N5O/c1-6-9(12)10(17)16(15-6)11-13-7-4-2-3-5-8(7)14-11/h2-5,15H,12H2,1H3,(H,13,14). The molecule has 0 fully saturated rings. The van der Waals surface area contributed by atoms with Gasteiger partial charge in [0.25, 0.3) is 5.56 Å². The SMILES string of the molecule is Cc1[nH]n(-c2nc3ccccc3[nH]2)c(=O)c1N. The number of aryl methyl sites for hydroxylation is 1. The topological polar surface area (TPSA) is 92.5 Å². The molecular weight excluding hydrogens is 218 g/mol. The number of H-pyrrole nitrogens is 2. The van der Waals surface area contributed by atoms with Crippen molar-refractivity contribution < 1.29 is 0 Å². The Morgan fingerprint density at radius 3 is 2.76 bits per heavy atom. The minimum absolute atomic E-state index is 0.213. The summed E-state index contributed by atoms with van der Waals surface area (Å²) in [6.07, 6.45) is 0. The third-order valence-corrected chi connectivity index (χ3v) is 2.71. The number of aromatic amines is 2. The van der Waals surface area contributed by atoms with E-state index in [4.69, 9.17) is 5.73 Å². The van der Waals surface area contributed by atoms with Crippen LogP contribution in [0, 0.1) is 6.92 Å². The van der Waals surface area contributed by atoms with E-state index < -0.39 is 0 Å². The Morgan fingerprint density at radius 2 is 2.12 bits per heavy atom. The number of nitrogens with two attached hydrogens (primary N) is 1. The number of nitrogen functional groups attached to an aromatic ring is 1. The van der Waals surface area contributed by atoms with Gasteiger partial charge in [-0.25, -0.2) is 4.98 Å². The summed E-state index contributed by atoms with van der Waals surface area (Å²) in [4.78, 5) is 19.2. The lowest BCUT2D eigenvalue weighted by molar-refractivity contribution is 0.791. The van der Waals surface area contributed by atoms with Crippen molar-refractivity contribution in [2.24, 2.45) is 0 Å². The predicted octanol–water partition coefficient (Wildman–Crippen LogP) is 0.933. The van der Waals surface area contributed by atoms with E-state index >= 15 is 0 Å². The molecular formula is C11H11N5O. The number of aromatic nitrogens is 4. The van der Waals surface area contributed by atoms with Gasteiger partial charge in [0.15, 0.2) is 0 Å². The van der Waals surface area contributed by atoms with Gasteiger partial charge < -0.3 is 10.7 Å². The maximum atomic E-state index is 11.8. The molecule has 3 rings (SSSR count). The zero-order chi connectivity index (χ0) is 12.0. The summed E-state index contributed by atoms with van der Waals surface area (Å²) < 4.78 is 1.31. The van der Waals surface area contributed by atoms with E-state index in [-0.39, 0.29) is 11.2 Å². The first-order valence-corrected chi connectivity index (χ1v) is 5.19. The molecule has 0 bridgehead atoms. The maximum absolute atomic E-state index is 11.8. The molecule has 6 nitrogen and oxygen atoms in total. The van der Waals surface area contributed by atoms with Crippen molar-refractivity contribution in [3.05, 3.63) is 40.3 Å². The lowest BCUT2D eigenvalue weighted by Gasteiger charge is -1.93. The van der Waals surface area contributed by atoms with Crippen LogP contribution in [0.2, 0.25) is 0 Å². The second-order valence-corrected chi connectivity index (χ2v) is 3.87. The van der Waals surface area contributed by atoms with E-state index in [9.17, 15) is 4.79 Å². The van der Waals surface area contributed by atoms with Gasteiger partial charge in [0.2, 0.25) is 5.95 Å². The lowest BCUT2D eigenvalue weighted by atomic mass is 10.3. The smallest absolute Gasteiger partial charge is 0.297 e. The fraction of sp³-hybridized carbons (Fsp3) is 0.0909. The first-order valence-electron chi connectivity index (χ1n) is 5.19. The van der Waals surface area contributed by atoms with Gasteiger partial charge in [-0.2, -0.15) is 4.68 Å². The van der Waals surface area contributed by atoms with Crippen molar-refractivity contribution in [1.82, 2.24) is 19.7 Å². The van der Waals surface area contributed by atoms with Crippen molar-refractivity contribution >= 4 is 16.7 Å². The monoisotopic (exact) mass is 229 g/mol. The Bertz CT molecular complexity index is 716. The number of fused-ring (bicyclic) bond motifs is 1. The molecule has 0 aliphatic rings. The molecule has 0 radical (unpaired) electrons. The first-order chi connectivity index (χ1) is 8.16. The van der Waals surface area contributed by atoms with E-state index in [1.165, 1.54) is 4.68 Å². The van der Waals surface area contributed by atoms with Crippen molar-refractivity contribution in [3.63, 3.8) is 0 Å². The summed E-state index contributed by atoms with van der Waals surface area (Å²) >= 11 is 0. The summed E-state index contributed by atoms with van der Waals surface area (Å²) in [6, 6.07) is 7.57. The molecule has 2 aromatic heterocycles. The number of benzene rings is 1. The third-order valence-electron chi connectivity index (χ3n) is 2.71. The van der Waals surface area contributed by atoms with Crippen LogP contribution in [0.5, 0.6) is 0 Å². The number of anilines is 1. The van der Waals surface area contributed by atoms with Gasteiger partial charge in [-0.1, -0.05) is 12.1 Å². The van der Waals surface area contributed by atoms with E-state index in [0.717, 1.165) is 11.0 Å². The molecule has 0 spiro atoms. The highest BCUT2D eigenvalue weighted by Gasteiger charge is 2.11. The van der Waals surface area contributed by atoms with Crippen molar-refractivity contribution in [3.8, 4) is 5.95 Å². The number of imidazole rings is 1. The van der Waals surface area contributed by atoms with Crippen LogP contribution >= 0.6 is 0 Å². The second kappa shape index (κ2) is 3.24. The predicted molar refractivity (Wildman–Crippen MR) is 65.2 cm³/mol. The average molecular weight is 229 g/mol. The van der Waals surface area contributed by atoms with Crippen LogP contribution < -0.4 is 11.3 Å². The van der Waals surface area contributed by atoms with E-state index in [2.05, 4.69) is 15.1 Å². The average Bonchev–Trinajstić information content (AvgIpc) is 2.86. The molecule has 6 heteroatoms. The zero-order valence-electron chi connectivity index (χ0n) is 9.19. The van der Waals surface area contributed by atoms with Crippen LogP contribution in [0.25, 0.3) is 17.0 Å². The molecule has 0 amide bonds. The van der Waals surface area contributed by atoms with Crippen LogP contribution in [0.3, 0.4) is 0 Å². The molecule has 0 saturated carbocycles. The van der Waals surface area contributed by atoms with Crippen molar-refractivity contribution in [1.29, 1.82) is 0 Å². The number of hydrogen-bond donors (Lipinski definition) is 3. The summed E-state index contributed by atoms with van der Waals surface area (Å²) in [6.45, 7) is 1.75. The number of nitrogens with one attached hydrogen (secondary N) is 2. The summed E-state index contributed by atoms with van der Waals surface area (Å²) in [5, 5.41) is 2.88. The first kappa shape index (κ1) is 9.71. The minimum Gasteiger partial charge on any atom is -0.393 e. The van der Waals surface area contributed by atoms with E-state index in [1.807, 2.05) is 24.3 Å². The maximum Gasteiger partial charge on any atom is 0.297 e. The molecule has 0 saturated heterocycles. The van der Waals surface area contributed by atoms with Crippen LogP contribution in [0.15, 0.2) is 29.1 Å². The zero-order valence-corrected chi connectivity index (χ0v) is 9.19. The lowest BCUT2D eigenvalue weighted by Crippen LogP contribution is -2.17. The van der Waals surface area contributed by atoms with Gasteiger partial charge in [0.05, 0.1) is 16.7 Å². The third kappa shape index (κ3) is 1.34. The van der Waals surface area contributed by atoms with Gasteiger partial charge in [-0.05, 0) is 19.1 Å². The summed E-state index contributed by atoms with van der Waals surface area (Å²) in [5.41, 5.74) is 7.87. The quantitative estimate of drug-likeness (QED) is 0.579. The highest BCUT2D eigenvalue weighted by molar-refractivity contribution is 5.75. The second-order valence-electron chi connectivity index (χ2n) is 3.87. The Kier molecular flexibility index (Phi) is 1.85. The molecule has 86 valence electrons. The molecule has 17 heavy (non-hydrogen) atoms. The van der Waals surface area contributed by atoms with Crippen LogP contribution in [-0.2, 0) is 0 Å². The van der Waals surface area contributed by atoms with E-state index in [0.29, 0.717) is 11.6 Å². The normalized spacial score (nSPS) is 11.1. The van der Waals surface area contributed by atoms with Crippen molar-refractivity contribution in [2.75, 3.05) is 5.73 Å². The number of nitrogens with zero attached hydrogens (tertiary/aromatic N) is 2. The Labute approximate surface area is 96.1 Å². The molecule has 0 aliphatic heterocycles. The number of rotatable bonds is 1. The Hall–Kier alpha value is -2.50. The Morgan fingerprint density at radius 1 is 1.35 bits per heavy atom. The molecule has 1 aromatic carbocycles. The summed E-state index contributed by atoms with van der Waals surface area (Å²) in [7, 11) is 0.